The van der Waals surface area contributed by atoms with E-state index in [1.807, 2.05) is 6.07 Å². The highest BCUT2D eigenvalue weighted by Gasteiger charge is 2.32. The average molecular weight is 387 g/mol. The first-order valence-electron chi connectivity index (χ1n) is 8.46. The molecule has 0 unspecified atom stereocenters. The largest absolute Gasteiger partial charge is 0.463 e. The minimum Gasteiger partial charge on any atom is -0.463 e. The Bertz CT molecular complexity index is 893. The zero-order chi connectivity index (χ0) is 19.4. The summed E-state index contributed by atoms with van der Waals surface area (Å²) in [6, 6.07) is 13.2. The van der Waals surface area contributed by atoms with Crippen molar-refractivity contribution >= 4 is 23.6 Å². The van der Waals surface area contributed by atoms with E-state index in [2.05, 4.69) is 10.6 Å². The maximum Gasteiger partial charge on any atom is 0.338 e. The fourth-order valence-corrected chi connectivity index (χ4v) is 2.95. The number of esters is 1. The Kier molecular flexibility index (Phi) is 5.66. The summed E-state index contributed by atoms with van der Waals surface area (Å²) in [5.41, 5.74) is 1.53. The number of carbonyl (C=O) groups is 2. The minimum atomic E-state index is -0.633. The molecule has 3 rings (SSSR count). The SMILES string of the molecule is CCOC(=O)C1=C(C)NC(=O)N[C@@H]1c1cccc(Oc2ccc(Cl)cc2)c1. The lowest BCUT2D eigenvalue weighted by Gasteiger charge is -2.28. The molecular formula is C20H19ClN2O4. The number of amides is 2. The van der Waals surface area contributed by atoms with E-state index in [1.165, 1.54) is 0 Å². The zero-order valence-electron chi connectivity index (χ0n) is 14.9. The van der Waals surface area contributed by atoms with Gasteiger partial charge in [-0.15, -0.1) is 0 Å². The van der Waals surface area contributed by atoms with Crippen molar-refractivity contribution in [2.45, 2.75) is 19.9 Å². The summed E-state index contributed by atoms with van der Waals surface area (Å²) in [5, 5.41) is 6.00. The van der Waals surface area contributed by atoms with E-state index in [9.17, 15) is 9.59 Å². The number of allylic oxidation sites excluding steroid dienone is 1. The fourth-order valence-electron chi connectivity index (χ4n) is 2.82. The van der Waals surface area contributed by atoms with Crippen molar-refractivity contribution < 1.29 is 19.1 Å². The topological polar surface area (TPSA) is 76.7 Å². The first-order valence-corrected chi connectivity index (χ1v) is 8.84. The summed E-state index contributed by atoms with van der Waals surface area (Å²) in [6.07, 6.45) is 0. The van der Waals surface area contributed by atoms with Crippen LogP contribution in [-0.2, 0) is 9.53 Å². The van der Waals surface area contributed by atoms with Crippen LogP contribution >= 0.6 is 11.6 Å². The smallest absolute Gasteiger partial charge is 0.338 e. The molecule has 1 aliphatic rings. The van der Waals surface area contributed by atoms with Gasteiger partial charge in [-0.2, -0.15) is 0 Å². The van der Waals surface area contributed by atoms with Crippen LogP contribution in [0.4, 0.5) is 4.79 Å². The molecule has 2 amide bonds. The highest BCUT2D eigenvalue weighted by molar-refractivity contribution is 6.30. The number of nitrogens with one attached hydrogen (secondary N) is 2. The molecular weight excluding hydrogens is 368 g/mol. The van der Waals surface area contributed by atoms with Crippen LogP contribution in [0.25, 0.3) is 0 Å². The molecule has 2 aromatic rings. The summed E-state index contributed by atoms with van der Waals surface area (Å²) in [7, 11) is 0. The van der Waals surface area contributed by atoms with Crippen LogP contribution in [0.1, 0.15) is 25.5 Å². The van der Waals surface area contributed by atoms with Crippen LogP contribution in [0.2, 0.25) is 5.02 Å². The average Bonchev–Trinajstić information content (AvgIpc) is 2.63. The fraction of sp³-hybridized carbons (Fsp3) is 0.200. The molecule has 0 aromatic heterocycles. The van der Waals surface area contributed by atoms with Crippen molar-refractivity contribution in [2.24, 2.45) is 0 Å². The molecule has 0 spiro atoms. The number of ether oxygens (including phenoxy) is 2. The zero-order valence-corrected chi connectivity index (χ0v) is 15.7. The second-order valence-corrected chi connectivity index (χ2v) is 6.36. The molecule has 7 heteroatoms. The van der Waals surface area contributed by atoms with Gasteiger partial charge in [-0.25, -0.2) is 9.59 Å². The lowest BCUT2D eigenvalue weighted by molar-refractivity contribution is -0.139. The Balaban J connectivity index is 1.91. The Morgan fingerprint density at radius 1 is 1.15 bits per heavy atom. The molecule has 27 heavy (non-hydrogen) atoms. The molecule has 1 atom stereocenters. The van der Waals surface area contributed by atoms with E-state index in [0.717, 1.165) is 0 Å². The van der Waals surface area contributed by atoms with Crippen LogP contribution in [0.3, 0.4) is 0 Å². The van der Waals surface area contributed by atoms with Crippen LogP contribution in [0.15, 0.2) is 59.8 Å². The number of hydrogen-bond acceptors (Lipinski definition) is 4. The van der Waals surface area contributed by atoms with Gasteiger partial charge >= 0.3 is 12.0 Å². The number of benzene rings is 2. The van der Waals surface area contributed by atoms with E-state index in [4.69, 9.17) is 21.1 Å². The molecule has 1 aliphatic heterocycles. The summed E-state index contributed by atoms with van der Waals surface area (Å²) >= 11 is 5.89. The molecule has 0 saturated heterocycles. The van der Waals surface area contributed by atoms with Crippen LogP contribution in [-0.4, -0.2) is 18.6 Å². The quantitative estimate of drug-likeness (QED) is 0.750. The molecule has 1 heterocycles. The van der Waals surface area contributed by atoms with E-state index in [-0.39, 0.29) is 12.6 Å². The summed E-state index contributed by atoms with van der Waals surface area (Å²) in [6.45, 7) is 3.65. The molecule has 0 fully saturated rings. The lowest BCUT2D eigenvalue weighted by Crippen LogP contribution is -2.45. The first kappa shape index (κ1) is 18.8. The monoisotopic (exact) mass is 386 g/mol. The molecule has 0 bridgehead atoms. The van der Waals surface area contributed by atoms with Crippen LogP contribution in [0.5, 0.6) is 11.5 Å². The van der Waals surface area contributed by atoms with E-state index >= 15 is 0 Å². The summed E-state index contributed by atoms with van der Waals surface area (Å²) < 4.78 is 11.0. The first-order chi connectivity index (χ1) is 13.0. The third-order valence-corrected chi connectivity index (χ3v) is 4.26. The molecule has 2 aromatic carbocycles. The van der Waals surface area contributed by atoms with Gasteiger partial charge in [0.15, 0.2) is 0 Å². The molecule has 140 valence electrons. The molecule has 0 aliphatic carbocycles. The normalized spacial score (nSPS) is 16.4. The van der Waals surface area contributed by atoms with Crippen molar-refractivity contribution in [3.8, 4) is 11.5 Å². The van der Waals surface area contributed by atoms with Gasteiger partial charge < -0.3 is 20.1 Å². The Morgan fingerprint density at radius 3 is 2.59 bits per heavy atom. The van der Waals surface area contributed by atoms with Crippen molar-refractivity contribution in [3.63, 3.8) is 0 Å². The van der Waals surface area contributed by atoms with Crippen molar-refractivity contribution in [1.82, 2.24) is 10.6 Å². The second kappa shape index (κ2) is 8.14. The van der Waals surface area contributed by atoms with Crippen molar-refractivity contribution in [2.75, 3.05) is 6.61 Å². The number of hydrogen-bond donors (Lipinski definition) is 2. The van der Waals surface area contributed by atoms with E-state index < -0.39 is 12.0 Å². The summed E-state index contributed by atoms with van der Waals surface area (Å²) in [4.78, 5) is 24.3. The maximum atomic E-state index is 12.4. The number of rotatable bonds is 5. The highest BCUT2D eigenvalue weighted by atomic mass is 35.5. The highest BCUT2D eigenvalue weighted by Crippen LogP contribution is 2.31. The predicted octanol–water partition coefficient (Wildman–Crippen LogP) is 4.32. The minimum absolute atomic E-state index is 0.246. The van der Waals surface area contributed by atoms with Gasteiger partial charge in [0.1, 0.15) is 11.5 Å². The van der Waals surface area contributed by atoms with E-state index in [1.54, 1.807) is 56.3 Å². The van der Waals surface area contributed by atoms with Gasteiger partial charge in [-0.05, 0) is 55.8 Å². The third kappa shape index (κ3) is 4.41. The molecule has 0 radical (unpaired) electrons. The molecule has 0 saturated carbocycles. The van der Waals surface area contributed by atoms with Crippen molar-refractivity contribution in [3.05, 3.63) is 70.4 Å². The number of urea groups is 1. The van der Waals surface area contributed by atoms with Gasteiger partial charge in [0, 0.05) is 10.7 Å². The van der Waals surface area contributed by atoms with Crippen molar-refractivity contribution in [1.29, 1.82) is 0 Å². The van der Waals surface area contributed by atoms with Gasteiger partial charge in [-0.3, -0.25) is 0 Å². The van der Waals surface area contributed by atoms with Crippen LogP contribution in [0, 0.1) is 0 Å². The Labute approximate surface area is 162 Å². The summed E-state index contributed by atoms with van der Waals surface area (Å²) in [5.74, 6) is 0.725. The van der Waals surface area contributed by atoms with Gasteiger partial charge in [0.2, 0.25) is 0 Å². The van der Waals surface area contributed by atoms with Crippen LogP contribution < -0.4 is 15.4 Å². The van der Waals surface area contributed by atoms with Gasteiger partial charge in [0.05, 0.1) is 18.2 Å². The third-order valence-electron chi connectivity index (χ3n) is 4.01. The number of halogens is 1. The molecule has 2 N–H and O–H groups in total. The van der Waals surface area contributed by atoms with Gasteiger partial charge in [0.25, 0.3) is 0 Å². The van der Waals surface area contributed by atoms with E-state index in [0.29, 0.717) is 33.4 Å². The Morgan fingerprint density at radius 2 is 1.89 bits per heavy atom. The second-order valence-electron chi connectivity index (χ2n) is 5.92. The Hall–Kier alpha value is -2.99. The predicted molar refractivity (Wildman–Crippen MR) is 102 cm³/mol. The standard InChI is InChI=1S/C20H19ClN2O4/c1-3-26-19(24)17-12(2)22-20(25)23-18(17)13-5-4-6-16(11-13)27-15-9-7-14(21)8-10-15/h4-11,18H,3H2,1-2H3,(H2,22,23,25)/t18-/m1/s1. The lowest BCUT2D eigenvalue weighted by atomic mass is 9.95. The number of carbonyl (C=O) groups excluding carboxylic acids is 2. The molecule has 6 nitrogen and oxygen atoms in total. The van der Waals surface area contributed by atoms with Gasteiger partial charge in [-0.1, -0.05) is 23.7 Å². The maximum absolute atomic E-state index is 12.4.